The third-order valence-electron chi connectivity index (χ3n) is 9.08. The minimum atomic E-state index is -0.526. The van der Waals surface area contributed by atoms with Gasteiger partial charge in [0.25, 0.3) is 0 Å². The molecule has 1 amide bonds. The number of azide groups is 1. The molecule has 6 rings (SSSR count). The molecule has 0 bridgehead atoms. The van der Waals surface area contributed by atoms with E-state index in [2.05, 4.69) is 45.3 Å². The van der Waals surface area contributed by atoms with Crippen molar-refractivity contribution >= 4 is 24.4 Å². The van der Waals surface area contributed by atoms with Crippen molar-refractivity contribution in [2.45, 2.75) is 51.4 Å². The van der Waals surface area contributed by atoms with Gasteiger partial charge in [-0.25, -0.2) is 4.79 Å². The number of fused-ring (bicyclic) bond motifs is 3. The van der Waals surface area contributed by atoms with E-state index >= 15 is 0 Å². The van der Waals surface area contributed by atoms with Gasteiger partial charge in [-0.3, -0.25) is 0 Å². The van der Waals surface area contributed by atoms with Crippen LogP contribution < -0.4 is 10.4 Å². The minimum Gasteiger partial charge on any atom is -0.448 e. The molecule has 216 valence electrons. The van der Waals surface area contributed by atoms with Crippen LogP contribution in [0.2, 0.25) is 0 Å². The first-order valence-corrected chi connectivity index (χ1v) is 14.5. The largest absolute Gasteiger partial charge is 0.494 e. The van der Waals surface area contributed by atoms with Crippen molar-refractivity contribution in [1.29, 1.82) is 0 Å². The summed E-state index contributed by atoms with van der Waals surface area (Å²) in [5.41, 5.74) is 15.6. The van der Waals surface area contributed by atoms with Gasteiger partial charge in [-0.1, -0.05) is 59.7 Å². The Hall–Kier alpha value is -3.98. The van der Waals surface area contributed by atoms with E-state index in [0.717, 1.165) is 16.7 Å². The van der Waals surface area contributed by atoms with Crippen LogP contribution in [0.5, 0.6) is 0 Å². The summed E-state index contributed by atoms with van der Waals surface area (Å²) >= 11 is 0. The van der Waals surface area contributed by atoms with E-state index in [-0.39, 0.29) is 18.6 Å². The van der Waals surface area contributed by atoms with Crippen LogP contribution in [0.1, 0.15) is 50.3 Å². The molecule has 1 aliphatic carbocycles. The second kappa shape index (κ2) is 11.0. The first kappa shape index (κ1) is 28.2. The Morgan fingerprint density at radius 1 is 0.952 bits per heavy atom. The number of hydrogen-bond acceptors (Lipinski definition) is 6. The van der Waals surface area contributed by atoms with Crippen molar-refractivity contribution in [3.63, 3.8) is 0 Å². The first-order valence-electron chi connectivity index (χ1n) is 14.5. The van der Waals surface area contributed by atoms with Crippen LogP contribution in [0, 0.1) is 0 Å². The maximum atomic E-state index is 13.1. The van der Waals surface area contributed by atoms with E-state index in [0.29, 0.717) is 32.8 Å². The average Bonchev–Trinajstić information content (AvgIpc) is 3.43. The Bertz CT molecular complexity index is 1480. The smallest absolute Gasteiger partial charge is 0.448 e. The SMILES string of the molecule is CC1(C)OB(c2cc(CN=[N+]=[N-])cc(N3CCN(C(=O)OCC4c5ccccc5-c5ccccc54)CC3)c2)OC1(C)C. The van der Waals surface area contributed by atoms with Crippen LogP contribution in [-0.4, -0.2) is 62.1 Å². The molecule has 0 unspecified atom stereocenters. The summed E-state index contributed by atoms with van der Waals surface area (Å²) in [6.07, 6.45) is -0.286. The van der Waals surface area contributed by atoms with E-state index in [4.69, 9.17) is 19.6 Å². The number of piperazine rings is 1. The van der Waals surface area contributed by atoms with Gasteiger partial charge in [-0.2, -0.15) is 0 Å². The van der Waals surface area contributed by atoms with Crippen LogP contribution >= 0.6 is 0 Å². The molecule has 0 aromatic heterocycles. The molecule has 3 aliphatic rings. The highest BCUT2D eigenvalue weighted by Gasteiger charge is 2.51. The molecule has 0 saturated carbocycles. The van der Waals surface area contributed by atoms with E-state index in [9.17, 15) is 4.79 Å². The molecule has 2 saturated heterocycles. The number of benzene rings is 3. The standard InChI is InChI=1S/C32H36BN5O4/c1-31(2)32(3,4)42-33(41-31)23-17-22(20-35-36-34)18-24(19-23)37-13-15-38(16-14-37)30(39)40-21-29-27-11-7-5-9-25(27)26-10-6-8-12-28(26)29/h5-12,17-19,29H,13-16,20-21H2,1-4H3. The van der Waals surface area contributed by atoms with Gasteiger partial charge in [0.05, 0.1) is 17.7 Å². The number of rotatable bonds is 6. The number of hydrogen-bond donors (Lipinski definition) is 0. The molecule has 0 spiro atoms. The topological polar surface area (TPSA) is 100 Å². The molecular weight excluding hydrogens is 529 g/mol. The first-order chi connectivity index (χ1) is 20.2. The van der Waals surface area contributed by atoms with Gasteiger partial charge < -0.3 is 23.8 Å². The summed E-state index contributed by atoms with van der Waals surface area (Å²) in [4.78, 5) is 20.1. The second-order valence-corrected chi connectivity index (χ2v) is 12.2. The lowest BCUT2D eigenvalue weighted by Crippen LogP contribution is -2.49. The Morgan fingerprint density at radius 2 is 1.55 bits per heavy atom. The molecule has 2 heterocycles. The Kier molecular flexibility index (Phi) is 7.39. The number of anilines is 1. The van der Waals surface area contributed by atoms with Gasteiger partial charge in [0.1, 0.15) is 6.61 Å². The van der Waals surface area contributed by atoms with Gasteiger partial charge >= 0.3 is 13.2 Å². The maximum Gasteiger partial charge on any atom is 0.494 e. The molecular formula is C32H36BN5O4. The van der Waals surface area contributed by atoms with Gasteiger partial charge in [0.15, 0.2) is 0 Å². The molecule has 10 heteroatoms. The third kappa shape index (κ3) is 5.22. The van der Waals surface area contributed by atoms with Gasteiger partial charge in [0, 0.05) is 42.7 Å². The van der Waals surface area contributed by atoms with Crippen LogP contribution in [0.25, 0.3) is 21.6 Å². The lowest BCUT2D eigenvalue weighted by atomic mass is 9.78. The molecule has 42 heavy (non-hydrogen) atoms. The summed E-state index contributed by atoms with van der Waals surface area (Å²) in [6, 6.07) is 22.8. The predicted octanol–water partition coefficient (Wildman–Crippen LogP) is 5.87. The number of ether oxygens (including phenoxy) is 1. The summed E-state index contributed by atoms with van der Waals surface area (Å²) < 4.78 is 18.5. The van der Waals surface area contributed by atoms with Crippen molar-refractivity contribution in [2.24, 2.45) is 5.11 Å². The fourth-order valence-corrected chi connectivity index (χ4v) is 6.03. The molecule has 0 N–H and O–H groups in total. The fraction of sp³-hybridized carbons (Fsp3) is 0.406. The lowest BCUT2D eigenvalue weighted by molar-refractivity contribution is 0.00578. The normalized spacial score (nSPS) is 18.8. The number of carbonyl (C=O) groups is 1. The van der Waals surface area contributed by atoms with Gasteiger partial charge in [0.2, 0.25) is 0 Å². The van der Waals surface area contributed by atoms with Crippen LogP contribution in [0.4, 0.5) is 10.5 Å². The zero-order chi connectivity index (χ0) is 29.5. The Morgan fingerprint density at radius 3 is 2.14 bits per heavy atom. The van der Waals surface area contributed by atoms with Crippen molar-refractivity contribution in [3.8, 4) is 11.1 Å². The summed E-state index contributed by atoms with van der Waals surface area (Å²) in [6.45, 7) is 11.0. The van der Waals surface area contributed by atoms with E-state index in [1.807, 2.05) is 64.1 Å². The van der Waals surface area contributed by atoms with Crippen LogP contribution in [0.3, 0.4) is 0 Å². The average molecular weight is 565 g/mol. The monoisotopic (exact) mass is 565 g/mol. The fourth-order valence-electron chi connectivity index (χ4n) is 6.03. The highest BCUT2D eigenvalue weighted by molar-refractivity contribution is 6.62. The highest BCUT2D eigenvalue weighted by Crippen LogP contribution is 2.44. The maximum absolute atomic E-state index is 13.1. The Labute approximate surface area is 247 Å². The van der Waals surface area contributed by atoms with E-state index < -0.39 is 18.3 Å². The van der Waals surface area contributed by atoms with E-state index in [1.165, 1.54) is 22.3 Å². The quantitative estimate of drug-likeness (QED) is 0.161. The van der Waals surface area contributed by atoms with Crippen LogP contribution in [-0.2, 0) is 20.6 Å². The van der Waals surface area contributed by atoms with E-state index in [1.54, 1.807) is 4.90 Å². The van der Waals surface area contributed by atoms with Gasteiger partial charge in [-0.05, 0) is 78.6 Å². The van der Waals surface area contributed by atoms with Crippen LogP contribution in [0.15, 0.2) is 71.8 Å². The summed E-state index contributed by atoms with van der Waals surface area (Å²) in [7, 11) is -0.526. The lowest BCUT2D eigenvalue weighted by Gasteiger charge is -2.36. The molecule has 0 radical (unpaired) electrons. The highest BCUT2D eigenvalue weighted by atomic mass is 16.7. The minimum absolute atomic E-state index is 0.0369. The third-order valence-corrected chi connectivity index (χ3v) is 9.08. The molecule has 3 aromatic carbocycles. The molecule has 2 aliphatic heterocycles. The number of carbonyl (C=O) groups excluding carboxylic acids is 1. The van der Waals surface area contributed by atoms with Crippen molar-refractivity contribution in [1.82, 2.24) is 4.90 Å². The number of amides is 1. The summed E-state index contributed by atoms with van der Waals surface area (Å²) in [5, 5.41) is 3.78. The zero-order valence-electron chi connectivity index (χ0n) is 24.6. The Balaban J connectivity index is 1.12. The molecule has 3 aromatic rings. The molecule has 2 fully saturated rings. The molecule has 0 atom stereocenters. The second-order valence-electron chi connectivity index (χ2n) is 12.2. The van der Waals surface area contributed by atoms with Crippen molar-refractivity contribution in [2.75, 3.05) is 37.7 Å². The van der Waals surface area contributed by atoms with Crippen molar-refractivity contribution in [3.05, 3.63) is 93.9 Å². The summed E-state index contributed by atoms with van der Waals surface area (Å²) in [5.74, 6) is 0.0369. The number of nitrogens with zero attached hydrogens (tertiary/aromatic N) is 5. The van der Waals surface area contributed by atoms with Gasteiger partial charge in [-0.15, -0.1) is 0 Å². The molecule has 9 nitrogen and oxygen atoms in total. The zero-order valence-corrected chi connectivity index (χ0v) is 24.6. The predicted molar refractivity (Wildman–Crippen MR) is 164 cm³/mol. The van der Waals surface area contributed by atoms with Crippen molar-refractivity contribution < 1.29 is 18.8 Å².